The van der Waals surface area contributed by atoms with Crippen LogP contribution < -0.4 is 21.1 Å². The number of anilines is 1. The summed E-state index contributed by atoms with van der Waals surface area (Å²) in [5.41, 5.74) is 8.68. The Balaban J connectivity index is 1.51. The number of nitrogen functional groups attached to an aromatic ring is 1. The van der Waals surface area contributed by atoms with Crippen LogP contribution in [0.3, 0.4) is 0 Å². The van der Waals surface area contributed by atoms with Crippen molar-refractivity contribution in [3.8, 4) is 5.75 Å². The molecular weight excluding hydrogens is 264 g/mol. The van der Waals surface area contributed by atoms with E-state index in [1.807, 2.05) is 42.5 Å². The molecule has 0 unspecified atom stereocenters. The average Bonchev–Trinajstić information content (AvgIpc) is 2.53. The third-order valence-electron chi connectivity index (χ3n) is 3.24. The SMILES string of the molecule is Nc1ccccc1OCCNC1=Nc2ccccc2CN1. The number of nitrogens with two attached hydrogens (primary N) is 1. The summed E-state index contributed by atoms with van der Waals surface area (Å²) in [6, 6.07) is 15.6. The molecule has 5 heteroatoms. The highest BCUT2D eigenvalue weighted by molar-refractivity contribution is 5.84. The Hall–Kier alpha value is -2.69. The molecule has 0 aliphatic carbocycles. The van der Waals surface area contributed by atoms with Crippen molar-refractivity contribution in [1.29, 1.82) is 0 Å². The van der Waals surface area contributed by atoms with Crippen LogP contribution in [0.1, 0.15) is 5.56 Å². The number of aliphatic imine (C=N–C) groups is 1. The van der Waals surface area contributed by atoms with Gasteiger partial charge in [-0.05, 0) is 23.8 Å². The zero-order valence-corrected chi connectivity index (χ0v) is 11.7. The second kappa shape index (κ2) is 6.17. The fourth-order valence-electron chi connectivity index (χ4n) is 2.15. The van der Waals surface area contributed by atoms with Gasteiger partial charge in [-0.1, -0.05) is 30.3 Å². The third-order valence-corrected chi connectivity index (χ3v) is 3.24. The lowest BCUT2D eigenvalue weighted by atomic mass is 10.1. The average molecular weight is 282 g/mol. The molecule has 1 heterocycles. The van der Waals surface area contributed by atoms with Crippen LogP contribution in [0, 0.1) is 0 Å². The number of ether oxygens (including phenoxy) is 1. The van der Waals surface area contributed by atoms with Gasteiger partial charge in [-0.25, -0.2) is 4.99 Å². The molecule has 0 aromatic heterocycles. The van der Waals surface area contributed by atoms with E-state index >= 15 is 0 Å². The van der Waals surface area contributed by atoms with Crippen molar-refractivity contribution in [2.24, 2.45) is 4.99 Å². The molecule has 0 fully saturated rings. The Morgan fingerprint density at radius 3 is 2.86 bits per heavy atom. The summed E-state index contributed by atoms with van der Waals surface area (Å²) in [4.78, 5) is 4.52. The molecule has 0 atom stereocenters. The van der Waals surface area contributed by atoms with Gasteiger partial charge in [0, 0.05) is 6.54 Å². The molecule has 0 spiro atoms. The van der Waals surface area contributed by atoms with Gasteiger partial charge in [0.2, 0.25) is 0 Å². The van der Waals surface area contributed by atoms with E-state index in [0.29, 0.717) is 24.6 Å². The second-order valence-corrected chi connectivity index (χ2v) is 4.76. The number of nitrogens with one attached hydrogen (secondary N) is 2. The molecule has 2 aromatic rings. The predicted molar refractivity (Wildman–Crippen MR) is 84.7 cm³/mol. The summed E-state index contributed by atoms with van der Waals surface area (Å²) in [6.07, 6.45) is 0. The first kappa shape index (κ1) is 13.3. The van der Waals surface area contributed by atoms with Crippen LogP contribution in [0.4, 0.5) is 11.4 Å². The Kier molecular flexibility index (Phi) is 3.91. The van der Waals surface area contributed by atoms with Crippen LogP contribution in [-0.2, 0) is 6.54 Å². The van der Waals surface area contributed by atoms with Gasteiger partial charge in [-0.3, -0.25) is 0 Å². The van der Waals surface area contributed by atoms with Crippen LogP contribution in [0.25, 0.3) is 0 Å². The maximum absolute atomic E-state index is 5.82. The highest BCUT2D eigenvalue weighted by Crippen LogP contribution is 2.21. The summed E-state index contributed by atoms with van der Waals surface area (Å²) >= 11 is 0. The summed E-state index contributed by atoms with van der Waals surface area (Å²) < 4.78 is 5.63. The monoisotopic (exact) mass is 282 g/mol. The van der Waals surface area contributed by atoms with Gasteiger partial charge in [0.1, 0.15) is 12.4 Å². The van der Waals surface area contributed by atoms with Crippen molar-refractivity contribution in [1.82, 2.24) is 10.6 Å². The van der Waals surface area contributed by atoms with Crippen LogP contribution in [-0.4, -0.2) is 19.1 Å². The minimum absolute atomic E-state index is 0.524. The Morgan fingerprint density at radius 2 is 1.95 bits per heavy atom. The first-order valence-corrected chi connectivity index (χ1v) is 6.94. The summed E-state index contributed by atoms with van der Waals surface area (Å²) in [7, 11) is 0. The molecule has 4 N–H and O–H groups in total. The Bertz CT molecular complexity index is 654. The molecule has 3 rings (SSSR count). The van der Waals surface area contributed by atoms with Gasteiger partial charge in [-0.2, -0.15) is 0 Å². The normalized spacial score (nSPS) is 12.9. The van der Waals surface area contributed by atoms with E-state index in [1.165, 1.54) is 5.56 Å². The fourth-order valence-corrected chi connectivity index (χ4v) is 2.15. The molecule has 2 aromatic carbocycles. The smallest absolute Gasteiger partial charge is 0.196 e. The molecule has 0 saturated carbocycles. The summed E-state index contributed by atoms with van der Waals surface area (Å²) in [5.74, 6) is 1.49. The van der Waals surface area contributed by atoms with E-state index in [9.17, 15) is 0 Å². The van der Waals surface area contributed by atoms with Crippen molar-refractivity contribution in [3.63, 3.8) is 0 Å². The molecule has 1 aliphatic heterocycles. The molecule has 0 amide bonds. The zero-order chi connectivity index (χ0) is 14.5. The molecule has 0 saturated heterocycles. The lowest BCUT2D eigenvalue weighted by Gasteiger charge is -2.18. The fraction of sp³-hybridized carbons (Fsp3) is 0.188. The molecule has 108 valence electrons. The van der Waals surface area contributed by atoms with Gasteiger partial charge in [0.05, 0.1) is 17.9 Å². The van der Waals surface area contributed by atoms with Crippen LogP contribution in [0.2, 0.25) is 0 Å². The Labute approximate surface area is 123 Å². The maximum Gasteiger partial charge on any atom is 0.196 e. The van der Waals surface area contributed by atoms with Gasteiger partial charge in [0.15, 0.2) is 5.96 Å². The van der Waals surface area contributed by atoms with E-state index in [1.54, 1.807) is 0 Å². The van der Waals surface area contributed by atoms with Crippen LogP contribution >= 0.6 is 0 Å². The molecule has 0 bridgehead atoms. The van der Waals surface area contributed by atoms with E-state index in [-0.39, 0.29) is 0 Å². The first-order chi connectivity index (χ1) is 10.3. The molecule has 5 nitrogen and oxygen atoms in total. The van der Waals surface area contributed by atoms with E-state index in [2.05, 4.69) is 21.7 Å². The number of fused-ring (bicyclic) bond motifs is 1. The largest absolute Gasteiger partial charge is 0.490 e. The number of hydrogen-bond acceptors (Lipinski definition) is 5. The number of benzene rings is 2. The van der Waals surface area contributed by atoms with Crippen molar-refractivity contribution in [3.05, 3.63) is 54.1 Å². The van der Waals surface area contributed by atoms with Gasteiger partial charge >= 0.3 is 0 Å². The molecule has 21 heavy (non-hydrogen) atoms. The lowest BCUT2D eigenvalue weighted by molar-refractivity contribution is 0.323. The topological polar surface area (TPSA) is 71.7 Å². The molecule has 0 radical (unpaired) electrons. The van der Waals surface area contributed by atoms with E-state index in [0.717, 1.165) is 18.2 Å². The maximum atomic E-state index is 5.82. The first-order valence-electron chi connectivity index (χ1n) is 6.94. The van der Waals surface area contributed by atoms with Crippen LogP contribution in [0.5, 0.6) is 5.75 Å². The van der Waals surface area contributed by atoms with Crippen molar-refractivity contribution in [2.75, 3.05) is 18.9 Å². The van der Waals surface area contributed by atoms with Crippen molar-refractivity contribution >= 4 is 17.3 Å². The van der Waals surface area contributed by atoms with E-state index < -0.39 is 0 Å². The third kappa shape index (κ3) is 3.25. The molecule has 1 aliphatic rings. The van der Waals surface area contributed by atoms with Gasteiger partial charge in [-0.15, -0.1) is 0 Å². The van der Waals surface area contributed by atoms with Crippen molar-refractivity contribution < 1.29 is 4.74 Å². The predicted octanol–water partition coefficient (Wildman–Crippen LogP) is 2.03. The highest BCUT2D eigenvalue weighted by atomic mass is 16.5. The second-order valence-electron chi connectivity index (χ2n) is 4.76. The van der Waals surface area contributed by atoms with Crippen molar-refractivity contribution in [2.45, 2.75) is 6.54 Å². The summed E-state index contributed by atoms with van der Waals surface area (Å²) in [6.45, 7) is 1.97. The number of nitrogens with zero attached hydrogens (tertiary/aromatic N) is 1. The minimum atomic E-state index is 0.524. The minimum Gasteiger partial charge on any atom is -0.490 e. The lowest BCUT2D eigenvalue weighted by Crippen LogP contribution is -2.40. The quantitative estimate of drug-likeness (QED) is 0.592. The standard InChI is InChI=1S/C16H18N4O/c17-13-6-2-4-8-15(13)21-10-9-18-16-19-11-12-5-1-3-7-14(12)20-16/h1-8H,9-11,17H2,(H2,18,19,20). The van der Waals surface area contributed by atoms with Crippen LogP contribution in [0.15, 0.2) is 53.5 Å². The number of guanidine groups is 1. The Morgan fingerprint density at radius 1 is 1.14 bits per heavy atom. The summed E-state index contributed by atoms with van der Waals surface area (Å²) in [5, 5.41) is 6.47. The van der Waals surface area contributed by atoms with Gasteiger partial charge < -0.3 is 21.1 Å². The zero-order valence-electron chi connectivity index (χ0n) is 11.7. The van der Waals surface area contributed by atoms with E-state index in [4.69, 9.17) is 10.5 Å². The van der Waals surface area contributed by atoms with Gasteiger partial charge in [0.25, 0.3) is 0 Å². The number of hydrogen-bond donors (Lipinski definition) is 3. The highest BCUT2D eigenvalue weighted by Gasteiger charge is 2.09. The molecular formula is C16H18N4O. The number of para-hydroxylation sites is 3. The number of rotatable bonds is 4.